The lowest BCUT2D eigenvalue weighted by molar-refractivity contribution is -0.137. The number of hydrogen-bond donors (Lipinski definition) is 2. The van der Waals surface area contributed by atoms with E-state index in [2.05, 4.69) is 5.32 Å². The van der Waals surface area contributed by atoms with Gasteiger partial charge in [0.1, 0.15) is 12.4 Å². The van der Waals surface area contributed by atoms with Gasteiger partial charge in [0.2, 0.25) is 5.91 Å². The molecule has 0 unspecified atom stereocenters. The standard InChI is InChI=1S/C15H21F3N2O2/c1-14(2,3)12(19)13(21)20-7-8-22-11-6-4-5-10(9-11)15(16,17)18/h4-6,9,12H,7-8,19H2,1-3H3,(H,20,21)/t12-/m1/s1. The number of alkyl halides is 3. The first-order chi connectivity index (χ1) is 10.0. The van der Waals surface area contributed by atoms with E-state index < -0.39 is 17.8 Å². The van der Waals surface area contributed by atoms with Gasteiger partial charge in [0, 0.05) is 0 Å². The Balaban J connectivity index is 2.44. The monoisotopic (exact) mass is 318 g/mol. The maximum Gasteiger partial charge on any atom is 0.416 e. The number of nitrogens with one attached hydrogen (secondary N) is 1. The number of amides is 1. The van der Waals surface area contributed by atoms with Gasteiger partial charge in [0.05, 0.1) is 18.2 Å². The van der Waals surface area contributed by atoms with Crippen molar-refractivity contribution in [3.63, 3.8) is 0 Å². The Hall–Kier alpha value is -1.76. The van der Waals surface area contributed by atoms with E-state index in [1.54, 1.807) is 0 Å². The second kappa shape index (κ2) is 7.00. The van der Waals surface area contributed by atoms with Gasteiger partial charge in [-0.05, 0) is 23.6 Å². The summed E-state index contributed by atoms with van der Waals surface area (Å²) in [7, 11) is 0. The van der Waals surface area contributed by atoms with E-state index >= 15 is 0 Å². The van der Waals surface area contributed by atoms with Crippen LogP contribution in [0.15, 0.2) is 24.3 Å². The molecular weight excluding hydrogens is 297 g/mol. The Bertz CT molecular complexity index is 510. The fraction of sp³-hybridized carbons (Fsp3) is 0.533. The van der Waals surface area contributed by atoms with E-state index in [0.29, 0.717) is 0 Å². The SMILES string of the molecule is CC(C)(C)[C@H](N)C(=O)NCCOc1cccc(C(F)(F)F)c1. The normalized spacial score (nSPS) is 13.6. The molecule has 0 heterocycles. The smallest absolute Gasteiger partial charge is 0.416 e. The third-order valence-corrected chi connectivity index (χ3v) is 3.05. The molecule has 3 N–H and O–H groups in total. The molecule has 1 rings (SSSR count). The predicted molar refractivity (Wildman–Crippen MR) is 77.4 cm³/mol. The first kappa shape index (κ1) is 18.3. The maximum atomic E-state index is 12.5. The van der Waals surface area contributed by atoms with Gasteiger partial charge in [-0.25, -0.2) is 0 Å². The van der Waals surface area contributed by atoms with E-state index in [9.17, 15) is 18.0 Å². The van der Waals surface area contributed by atoms with Gasteiger partial charge in [0.15, 0.2) is 0 Å². The summed E-state index contributed by atoms with van der Waals surface area (Å²) >= 11 is 0. The van der Waals surface area contributed by atoms with E-state index in [1.165, 1.54) is 12.1 Å². The number of hydrogen-bond acceptors (Lipinski definition) is 3. The average Bonchev–Trinajstić information content (AvgIpc) is 2.41. The molecule has 1 amide bonds. The number of ether oxygens (including phenoxy) is 1. The van der Waals surface area contributed by atoms with Crippen LogP contribution in [0, 0.1) is 5.41 Å². The average molecular weight is 318 g/mol. The number of nitrogens with two attached hydrogens (primary N) is 1. The lowest BCUT2D eigenvalue weighted by Gasteiger charge is -2.25. The van der Waals surface area contributed by atoms with Gasteiger partial charge in [-0.15, -0.1) is 0 Å². The van der Waals surface area contributed by atoms with Crippen LogP contribution < -0.4 is 15.8 Å². The first-order valence-corrected chi connectivity index (χ1v) is 6.85. The minimum Gasteiger partial charge on any atom is -0.492 e. The van der Waals surface area contributed by atoms with Gasteiger partial charge in [-0.1, -0.05) is 26.8 Å². The Morgan fingerprint density at radius 1 is 1.32 bits per heavy atom. The zero-order chi connectivity index (χ0) is 17.0. The van der Waals surface area contributed by atoms with Crippen LogP contribution in [0.5, 0.6) is 5.75 Å². The van der Waals surface area contributed by atoms with E-state index in [4.69, 9.17) is 10.5 Å². The van der Waals surface area contributed by atoms with Crippen molar-refractivity contribution < 1.29 is 22.7 Å². The number of rotatable bonds is 5. The molecule has 0 fully saturated rings. The van der Waals surface area contributed by atoms with Crippen molar-refractivity contribution in [2.75, 3.05) is 13.2 Å². The fourth-order valence-corrected chi connectivity index (χ4v) is 1.61. The summed E-state index contributed by atoms with van der Waals surface area (Å²) in [6, 6.07) is 3.92. The minimum atomic E-state index is -4.41. The molecule has 0 aliphatic rings. The molecule has 1 aromatic rings. The second-order valence-corrected chi connectivity index (χ2v) is 6.01. The highest BCUT2D eigenvalue weighted by Gasteiger charge is 2.30. The highest BCUT2D eigenvalue weighted by molar-refractivity contribution is 5.82. The van der Waals surface area contributed by atoms with Crippen LogP contribution in [0.25, 0.3) is 0 Å². The fourth-order valence-electron chi connectivity index (χ4n) is 1.61. The quantitative estimate of drug-likeness (QED) is 0.820. The topological polar surface area (TPSA) is 64.4 Å². The Labute approximate surface area is 127 Å². The van der Waals surface area contributed by atoms with Crippen LogP contribution >= 0.6 is 0 Å². The summed E-state index contributed by atoms with van der Waals surface area (Å²) in [6.07, 6.45) is -4.41. The van der Waals surface area contributed by atoms with Gasteiger partial charge < -0.3 is 15.8 Å². The van der Waals surface area contributed by atoms with Crippen LogP contribution in [0.3, 0.4) is 0 Å². The lowest BCUT2D eigenvalue weighted by atomic mass is 9.87. The number of carbonyl (C=O) groups excluding carboxylic acids is 1. The van der Waals surface area contributed by atoms with Crippen molar-refractivity contribution in [3.8, 4) is 5.75 Å². The van der Waals surface area contributed by atoms with E-state index in [1.807, 2.05) is 20.8 Å². The molecule has 0 radical (unpaired) electrons. The van der Waals surface area contributed by atoms with Gasteiger partial charge >= 0.3 is 6.18 Å². The summed E-state index contributed by atoms with van der Waals surface area (Å²) in [5.41, 5.74) is 4.63. The van der Waals surface area contributed by atoms with Crippen molar-refractivity contribution in [1.82, 2.24) is 5.32 Å². The number of benzene rings is 1. The lowest BCUT2D eigenvalue weighted by Crippen LogP contribution is -2.49. The van der Waals surface area contributed by atoms with Crippen LogP contribution in [0.2, 0.25) is 0 Å². The van der Waals surface area contributed by atoms with Gasteiger partial charge in [-0.2, -0.15) is 13.2 Å². The van der Waals surface area contributed by atoms with Crippen molar-refractivity contribution in [1.29, 1.82) is 0 Å². The molecule has 7 heteroatoms. The zero-order valence-electron chi connectivity index (χ0n) is 12.8. The molecule has 0 bridgehead atoms. The van der Waals surface area contributed by atoms with Crippen molar-refractivity contribution in [2.24, 2.45) is 11.1 Å². The predicted octanol–water partition coefficient (Wildman–Crippen LogP) is 2.57. The molecule has 22 heavy (non-hydrogen) atoms. The molecule has 0 saturated carbocycles. The second-order valence-electron chi connectivity index (χ2n) is 6.01. The Morgan fingerprint density at radius 2 is 1.95 bits per heavy atom. The zero-order valence-corrected chi connectivity index (χ0v) is 12.8. The molecule has 0 aromatic heterocycles. The number of carbonyl (C=O) groups is 1. The Kier molecular flexibility index (Phi) is 5.82. The third-order valence-electron chi connectivity index (χ3n) is 3.05. The van der Waals surface area contributed by atoms with Crippen molar-refractivity contribution in [2.45, 2.75) is 33.0 Å². The molecule has 124 valence electrons. The maximum absolute atomic E-state index is 12.5. The summed E-state index contributed by atoms with van der Waals surface area (Å²) in [6.45, 7) is 5.76. The largest absolute Gasteiger partial charge is 0.492 e. The van der Waals surface area contributed by atoms with Crippen molar-refractivity contribution in [3.05, 3.63) is 29.8 Å². The van der Waals surface area contributed by atoms with Crippen LogP contribution in [-0.2, 0) is 11.0 Å². The molecule has 1 atom stereocenters. The van der Waals surface area contributed by atoms with Crippen molar-refractivity contribution >= 4 is 5.91 Å². The molecular formula is C15H21F3N2O2. The van der Waals surface area contributed by atoms with Crippen LogP contribution in [-0.4, -0.2) is 25.1 Å². The molecule has 0 saturated heterocycles. The summed E-state index contributed by atoms with van der Waals surface area (Å²) in [5, 5.41) is 2.59. The summed E-state index contributed by atoms with van der Waals surface area (Å²) in [5.74, 6) is -0.218. The number of halogens is 3. The molecule has 1 aromatic carbocycles. The van der Waals surface area contributed by atoms with E-state index in [-0.39, 0.29) is 30.2 Å². The van der Waals surface area contributed by atoms with Crippen LogP contribution in [0.1, 0.15) is 26.3 Å². The van der Waals surface area contributed by atoms with Gasteiger partial charge in [-0.3, -0.25) is 4.79 Å². The first-order valence-electron chi connectivity index (χ1n) is 6.85. The highest BCUT2D eigenvalue weighted by atomic mass is 19.4. The highest BCUT2D eigenvalue weighted by Crippen LogP contribution is 2.31. The molecule has 4 nitrogen and oxygen atoms in total. The summed E-state index contributed by atoms with van der Waals surface area (Å²) in [4.78, 5) is 11.7. The molecule has 0 aliphatic carbocycles. The molecule has 0 spiro atoms. The summed E-state index contributed by atoms with van der Waals surface area (Å²) < 4.78 is 42.8. The molecule has 0 aliphatic heterocycles. The van der Waals surface area contributed by atoms with Crippen LogP contribution in [0.4, 0.5) is 13.2 Å². The Morgan fingerprint density at radius 3 is 2.50 bits per heavy atom. The van der Waals surface area contributed by atoms with E-state index in [0.717, 1.165) is 12.1 Å². The third kappa shape index (κ3) is 5.55. The van der Waals surface area contributed by atoms with Gasteiger partial charge in [0.25, 0.3) is 0 Å². The minimum absolute atomic E-state index is 0.0594.